The Bertz CT molecular complexity index is 431. The number of hydrogen-bond acceptors (Lipinski definition) is 5. The number of hydrogen-bond donors (Lipinski definition) is 6. The molecule has 0 aliphatic heterocycles. The van der Waals surface area contributed by atoms with Gasteiger partial charge in [0.15, 0.2) is 5.96 Å². The van der Waals surface area contributed by atoms with Gasteiger partial charge in [0.25, 0.3) is 0 Å². The van der Waals surface area contributed by atoms with E-state index in [1.807, 2.05) is 0 Å². The molecule has 0 aliphatic carbocycles. The molecule has 0 saturated carbocycles. The van der Waals surface area contributed by atoms with Crippen molar-refractivity contribution in [1.29, 1.82) is 0 Å². The Kier molecular flexibility index (Phi) is 7.62. The maximum atomic E-state index is 8.74. The Morgan fingerprint density at radius 3 is 2.56 bits per heavy atom. The van der Waals surface area contributed by atoms with Crippen molar-refractivity contribution in [2.75, 3.05) is 13.1 Å². The first-order valence-corrected chi connectivity index (χ1v) is 6.12. The molecule has 0 amide bonds. The molecule has 18 heavy (non-hydrogen) atoms. The maximum Gasteiger partial charge on any atom is 0.394 e. The Morgan fingerprint density at radius 2 is 2.11 bits per heavy atom. The summed E-state index contributed by atoms with van der Waals surface area (Å²) in [5.74, 6) is 0.128. The molecule has 0 fully saturated rings. The molecule has 0 spiro atoms. The minimum atomic E-state index is -4.67. The summed E-state index contributed by atoms with van der Waals surface area (Å²) < 4.78 is 31.6. The molecule has 8 N–H and O–H groups in total. The van der Waals surface area contributed by atoms with E-state index < -0.39 is 10.4 Å². The van der Waals surface area contributed by atoms with Crippen LogP contribution in [0.25, 0.3) is 0 Å². The molecule has 1 aromatic rings. The molecule has 0 unspecified atom stereocenters. The average molecular weight is 280 g/mol. The third-order valence-corrected chi connectivity index (χ3v) is 1.45. The summed E-state index contributed by atoms with van der Waals surface area (Å²) in [6.07, 6.45) is 3.42. The molecular formula is C7H16N6O4S. The highest BCUT2D eigenvalue weighted by molar-refractivity contribution is 7.79. The number of guanidine groups is 1. The molecule has 0 aromatic carbocycles. The van der Waals surface area contributed by atoms with E-state index in [4.69, 9.17) is 29.0 Å². The molecule has 0 bridgehead atoms. The van der Waals surface area contributed by atoms with E-state index in [2.05, 4.69) is 20.3 Å². The van der Waals surface area contributed by atoms with E-state index in [1.54, 1.807) is 12.5 Å². The predicted octanol–water partition coefficient (Wildman–Crippen LogP) is -1.88. The zero-order valence-corrected chi connectivity index (χ0v) is 10.3. The lowest BCUT2D eigenvalue weighted by Crippen LogP contribution is -2.25. The number of H-pyrrole nitrogens is 1. The number of nitrogens with one attached hydrogen (secondary N) is 2. The van der Waals surface area contributed by atoms with Crippen LogP contribution in [0.3, 0.4) is 0 Å². The van der Waals surface area contributed by atoms with Crippen molar-refractivity contribution in [2.45, 2.75) is 6.54 Å². The Labute approximate surface area is 104 Å². The zero-order valence-electron chi connectivity index (χ0n) is 9.44. The molecular weight excluding hydrogens is 264 g/mol. The first kappa shape index (κ1) is 16.3. The van der Waals surface area contributed by atoms with Crippen LogP contribution in [0.5, 0.6) is 0 Å². The van der Waals surface area contributed by atoms with Gasteiger partial charge in [-0.05, 0) is 0 Å². The second-order valence-corrected chi connectivity index (χ2v) is 3.90. The summed E-state index contributed by atoms with van der Waals surface area (Å²) in [5, 5.41) is 3.15. The number of aliphatic imine (C=N–C) groups is 1. The van der Waals surface area contributed by atoms with Crippen LogP contribution >= 0.6 is 0 Å². The normalized spacial score (nSPS) is 10.3. The van der Waals surface area contributed by atoms with Crippen LogP contribution in [0.4, 0.5) is 0 Å². The summed E-state index contributed by atoms with van der Waals surface area (Å²) in [6, 6.07) is 0. The average Bonchev–Trinajstić information content (AvgIpc) is 2.66. The highest BCUT2D eigenvalue weighted by Crippen LogP contribution is 1.87. The molecule has 11 heteroatoms. The number of aromatic nitrogens is 2. The van der Waals surface area contributed by atoms with E-state index >= 15 is 0 Å². The van der Waals surface area contributed by atoms with Crippen molar-refractivity contribution in [3.05, 3.63) is 18.2 Å². The second kappa shape index (κ2) is 8.41. The van der Waals surface area contributed by atoms with Crippen molar-refractivity contribution in [3.8, 4) is 0 Å². The molecule has 0 radical (unpaired) electrons. The van der Waals surface area contributed by atoms with E-state index in [9.17, 15) is 0 Å². The van der Waals surface area contributed by atoms with Crippen LogP contribution < -0.4 is 16.8 Å². The SMILES string of the molecule is NC(N)=NCCNCc1cnc[nH]1.O=S(=O)(O)O. The zero-order chi connectivity index (χ0) is 14.0. The Hall–Kier alpha value is -1.69. The smallest absolute Gasteiger partial charge is 0.370 e. The van der Waals surface area contributed by atoms with Gasteiger partial charge in [0.05, 0.1) is 12.9 Å². The fourth-order valence-electron chi connectivity index (χ4n) is 0.868. The lowest BCUT2D eigenvalue weighted by molar-refractivity contribution is 0.381. The van der Waals surface area contributed by atoms with Crippen molar-refractivity contribution >= 4 is 16.4 Å². The molecule has 1 aromatic heterocycles. The third-order valence-electron chi connectivity index (χ3n) is 1.45. The molecule has 1 rings (SSSR count). The van der Waals surface area contributed by atoms with Gasteiger partial charge in [-0.3, -0.25) is 14.1 Å². The Morgan fingerprint density at radius 1 is 1.50 bits per heavy atom. The topological polar surface area (TPSA) is 180 Å². The minimum Gasteiger partial charge on any atom is -0.370 e. The summed E-state index contributed by atoms with van der Waals surface area (Å²) in [7, 11) is -4.67. The quantitative estimate of drug-likeness (QED) is 0.157. The number of rotatable bonds is 5. The van der Waals surface area contributed by atoms with Crippen molar-refractivity contribution in [2.24, 2.45) is 16.5 Å². The fourth-order valence-corrected chi connectivity index (χ4v) is 0.868. The monoisotopic (exact) mass is 280 g/mol. The van der Waals surface area contributed by atoms with Gasteiger partial charge < -0.3 is 21.8 Å². The summed E-state index contributed by atoms with van der Waals surface area (Å²) in [6.45, 7) is 2.09. The van der Waals surface area contributed by atoms with Gasteiger partial charge in [-0.15, -0.1) is 0 Å². The van der Waals surface area contributed by atoms with Crippen LogP contribution in [0.1, 0.15) is 5.69 Å². The molecule has 0 saturated heterocycles. The van der Waals surface area contributed by atoms with Gasteiger partial charge in [-0.25, -0.2) is 4.98 Å². The van der Waals surface area contributed by atoms with Crippen LogP contribution in [-0.4, -0.2) is 46.5 Å². The van der Waals surface area contributed by atoms with Crippen molar-refractivity contribution in [1.82, 2.24) is 15.3 Å². The van der Waals surface area contributed by atoms with Gasteiger partial charge in [0.2, 0.25) is 0 Å². The van der Waals surface area contributed by atoms with E-state index in [1.165, 1.54) is 0 Å². The van der Waals surface area contributed by atoms with Gasteiger partial charge in [0.1, 0.15) is 0 Å². The van der Waals surface area contributed by atoms with E-state index in [0.717, 1.165) is 18.8 Å². The summed E-state index contributed by atoms with van der Waals surface area (Å²) in [4.78, 5) is 10.7. The van der Waals surface area contributed by atoms with Crippen LogP contribution in [0.2, 0.25) is 0 Å². The number of aromatic amines is 1. The van der Waals surface area contributed by atoms with Gasteiger partial charge in [0, 0.05) is 25.0 Å². The van der Waals surface area contributed by atoms with Crippen LogP contribution in [0.15, 0.2) is 17.5 Å². The Balaban J connectivity index is 0.000000494. The van der Waals surface area contributed by atoms with Crippen molar-refractivity contribution in [3.63, 3.8) is 0 Å². The maximum absolute atomic E-state index is 8.74. The fraction of sp³-hybridized carbons (Fsp3) is 0.429. The third kappa shape index (κ3) is 14.3. The first-order chi connectivity index (χ1) is 8.29. The van der Waals surface area contributed by atoms with Crippen LogP contribution in [-0.2, 0) is 16.9 Å². The number of imidazole rings is 1. The van der Waals surface area contributed by atoms with E-state index in [-0.39, 0.29) is 5.96 Å². The molecule has 1 heterocycles. The highest BCUT2D eigenvalue weighted by atomic mass is 32.3. The number of nitrogens with two attached hydrogens (primary N) is 2. The van der Waals surface area contributed by atoms with Crippen molar-refractivity contribution < 1.29 is 17.5 Å². The largest absolute Gasteiger partial charge is 0.394 e. The second-order valence-electron chi connectivity index (χ2n) is 3.01. The minimum absolute atomic E-state index is 0.128. The first-order valence-electron chi connectivity index (χ1n) is 4.72. The lowest BCUT2D eigenvalue weighted by Gasteiger charge is -1.99. The van der Waals surface area contributed by atoms with Crippen LogP contribution in [0, 0.1) is 0 Å². The number of nitrogens with zero attached hydrogens (tertiary/aromatic N) is 2. The molecule has 0 aliphatic rings. The van der Waals surface area contributed by atoms with Gasteiger partial charge in [-0.1, -0.05) is 0 Å². The highest BCUT2D eigenvalue weighted by Gasteiger charge is 1.91. The molecule has 0 atom stereocenters. The molecule has 10 nitrogen and oxygen atoms in total. The van der Waals surface area contributed by atoms with Gasteiger partial charge in [-0.2, -0.15) is 8.42 Å². The van der Waals surface area contributed by atoms with Gasteiger partial charge >= 0.3 is 10.4 Å². The summed E-state index contributed by atoms with van der Waals surface area (Å²) >= 11 is 0. The predicted molar refractivity (Wildman–Crippen MR) is 65.1 cm³/mol. The van der Waals surface area contributed by atoms with E-state index in [0.29, 0.717) is 6.54 Å². The standard InChI is InChI=1S/C7H14N6.H2O4S/c8-7(9)12-2-1-10-3-6-4-11-5-13-6;1-5(2,3)4/h4-5,10H,1-3H2,(H,11,13)(H4,8,9,12);(H2,1,2,3,4). The molecule has 104 valence electrons. The summed E-state index contributed by atoms with van der Waals surface area (Å²) in [5.41, 5.74) is 11.4. The lowest BCUT2D eigenvalue weighted by atomic mass is 10.4.